The number of carbonyl (C=O) groups is 2. The molecule has 1 saturated heterocycles. The SMILES string of the molecule is O=C(c1ccc(C2CC2)cc1)C1CCN(C(=O)c2cccc(O)c2)CC1. The molecule has 1 aliphatic carbocycles. The number of Topliss-reactive ketones (excluding diaryl/α,β-unsaturated/α-hetero) is 1. The molecule has 1 heterocycles. The van der Waals surface area contributed by atoms with Gasteiger partial charge in [0.05, 0.1) is 0 Å². The topological polar surface area (TPSA) is 57.6 Å². The molecule has 0 radical (unpaired) electrons. The second-order valence-corrected chi connectivity index (χ2v) is 7.38. The number of hydrogen-bond acceptors (Lipinski definition) is 3. The molecular weight excluding hydrogens is 326 g/mol. The van der Waals surface area contributed by atoms with Gasteiger partial charge in [-0.3, -0.25) is 9.59 Å². The van der Waals surface area contributed by atoms with Crippen LogP contribution in [0.5, 0.6) is 5.75 Å². The number of aromatic hydroxyl groups is 1. The summed E-state index contributed by atoms with van der Waals surface area (Å²) in [4.78, 5) is 27.1. The van der Waals surface area contributed by atoms with E-state index in [1.54, 1.807) is 23.1 Å². The smallest absolute Gasteiger partial charge is 0.253 e. The van der Waals surface area contributed by atoms with Crippen molar-refractivity contribution in [3.63, 3.8) is 0 Å². The van der Waals surface area contributed by atoms with Gasteiger partial charge in [0.1, 0.15) is 5.75 Å². The van der Waals surface area contributed by atoms with Gasteiger partial charge in [0.2, 0.25) is 0 Å². The summed E-state index contributed by atoms with van der Waals surface area (Å²) in [7, 11) is 0. The molecule has 0 bridgehead atoms. The molecule has 4 heteroatoms. The Morgan fingerprint density at radius 3 is 2.19 bits per heavy atom. The van der Waals surface area contributed by atoms with E-state index in [1.165, 1.54) is 24.5 Å². The Balaban J connectivity index is 1.36. The highest BCUT2D eigenvalue weighted by Gasteiger charge is 2.29. The lowest BCUT2D eigenvalue weighted by Crippen LogP contribution is -2.40. The third-order valence-corrected chi connectivity index (χ3v) is 5.49. The molecule has 2 aromatic carbocycles. The quantitative estimate of drug-likeness (QED) is 0.849. The van der Waals surface area contributed by atoms with Crippen LogP contribution in [0.25, 0.3) is 0 Å². The van der Waals surface area contributed by atoms with Gasteiger partial charge in [0, 0.05) is 30.1 Å². The molecule has 0 unspecified atom stereocenters. The number of rotatable bonds is 4. The van der Waals surface area contributed by atoms with Crippen LogP contribution in [0.2, 0.25) is 0 Å². The molecule has 4 rings (SSSR count). The van der Waals surface area contributed by atoms with Crippen LogP contribution in [0.15, 0.2) is 48.5 Å². The van der Waals surface area contributed by atoms with Crippen molar-refractivity contribution in [1.29, 1.82) is 0 Å². The molecule has 1 aliphatic heterocycles. The molecule has 1 amide bonds. The van der Waals surface area contributed by atoms with E-state index in [9.17, 15) is 14.7 Å². The number of likely N-dealkylation sites (tertiary alicyclic amines) is 1. The minimum atomic E-state index is -0.0828. The summed E-state index contributed by atoms with van der Waals surface area (Å²) in [6.45, 7) is 1.15. The Morgan fingerprint density at radius 1 is 0.885 bits per heavy atom. The predicted molar refractivity (Wildman–Crippen MR) is 99.5 cm³/mol. The minimum Gasteiger partial charge on any atom is -0.508 e. The number of amides is 1. The van der Waals surface area contributed by atoms with Crippen molar-refractivity contribution in [3.8, 4) is 5.75 Å². The molecular formula is C22H23NO3. The van der Waals surface area contributed by atoms with Gasteiger partial charge < -0.3 is 10.0 Å². The van der Waals surface area contributed by atoms with Crippen LogP contribution < -0.4 is 0 Å². The van der Waals surface area contributed by atoms with E-state index in [0.717, 1.165) is 5.56 Å². The monoisotopic (exact) mass is 349 g/mol. The molecule has 2 aliphatic rings. The molecule has 2 aromatic rings. The minimum absolute atomic E-state index is 0.0185. The Bertz CT molecular complexity index is 816. The summed E-state index contributed by atoms with van der Waals surface area (Å²) in [6.07, 6.45) is 3.90. The molecule has 134 valence electrons. The fraction of sp³-hybridized carbons (Fsp3) is 0.364. The van der Waals surface area contributed by atoms with Gasteiger partial charge in [-0.25, -0.2) is 0 Å². The first-order chi connectivity index (χ1) is 12.6. The van der Waals surface area contributed by atoms with Gasteiger partial charge in [-0.05, 0) is 55.4 Å². The lowest BCUT2D eigenvalue weighted by atomic mass is 9.88. The summed E-state index contributed by atoms with van der Waals surface area (Å²) in [5.41, 5.74) is 2.62. The number of benzene rings is 2. The number of phenols is 1. The number of piperidine rings is 1. The maximum absolute atomic E-state index is 12.8. The van der Waals surface area contributed by atoms with E-state index in [-0.39, 0.29) is 23.4 Å². The van der Waals surface area contributed by atoms with Gasteiger partial charge in [-0.2, -0.15) is 0 Å². The molecule has 0 spiro atoms. The van der Waals surface area contributed by atoms with Crippen molar-refractivity contribution in [2.75, 3.05) is 13.1 Å². The highest BCUT2D eigenvalue weighted by molar-refractivity contribution is 5.98. The standard InChI is InChI=1S/C22H23NO3/c24-20-3-1-2-19(14-20)22(26)23-12-10-18(11-13-23)21(25)17-8-6-16(7-9-17)15-4-5-15/h1-3,6-9,14-15,18,24H,4-5,10-13H2. The van der Waals surface area contributed by atoms with E-state index < -0.39 is 0 Å². The van der Waals surface area contributed by atoms with Crippen molar-refractivity contribution in [2.24, 2.45) is 5.92 Å². The van der Waals surface area contributed by atoms with Gasteiger partial charge in [-0.1, -0.05) is 30.3 Å². The van der Waals surface area contributed by atoms with Crippen molar-refractivity contribution >= 4 is 11.7 Å². The second kappa shape index (κ2) is 6.94. The maximum Gasteiger partial charge on any atom is 0.253 e. The Kier molecular flexibility index (Phi) is 4.49. The molecule has 26 heavy (non-hydrogen) atoms. The highest BCUT2D eigenvalue weighted by atomic mass is 16.3. The van der Waals surface area contributed by atoms with Gasteiger partial charge in [-0.15, -0.1) is 0 Å². The first kappa shape index (κ1) is 16.8. The van der Waals surface area contributed by atoms with E-state index in [1.807, 2.05) is 12.1 Å². The normalized spacial score (nSPS) is 17.9. The predicted octanol–water partition coefficient (Wildman–Crippen LogP) is 4.00. The van der Waals surface area contributed by atoms with Crippen molar-refractivity contribution in [3.05, 3.63) is 65.2 Å². The van der Waals surface area contributed by atoms with Crippen LogP contribution in [-0.4, -0.2) is 34.8 Å². The Labute approximate surface area is 153 Å². The number of hydrogen-bond donors (Lipinski definition) is 1. The first-order valence-electron chi connectivity index (χ1n) is 9.34. The van der Waals surface area contributed by atoms with Gasteiger partial charge >= 0.3 is 0 Å². The molecule has 0 atom stereocenters. The molecule has 1 N–H and O–H groups in total. The zero-order valence-electron chi connectivity index (χ0n) is 14.7. The van der Waals surface area contributed by atoms with Crippen LogP contribution in [0.3, 0.4) is 0 Å². The van der Waals surface area contributed by atoms with Crippen molar-refractivity contribution < 1.29 is 14.7 Å². The number of nitrogens with zero attached hydrogens (tertiary/aromatic N) is 1. The van der Waals surface area contributed by atoms with Crippen LogP contribution in [0.1, 0.15) is 57.9 Å². The molecule has 2 fully saturated rings. The lowest BCUT2D eigenvalue weighted by Gasteiger charge is -2.31. The largest absolute Gasteiger partial charge is 0.508 e. The van der Waals surface area contributed by atoms with E-state index in [2.05, 4.69) is 12.1 Å². The van der Waals surface area contributed by atoms with Crippen LogP contribution in [-0.2, 0) is 0 Å². The summed E-state index contributed by atoms with van der Waals surface area (Å²) >= 11 is 0. The lowest BCUT2D eigenvalue weighted by molar-refractivity contribution is 0.0650. The zero-order chi connectivity index (χ0) is 18.1. The van der Waals surface area contributed by atoms with Crippen LogP contribution in [0, 0.1) is 5.92 Å². The van der Waals surface area contributed by atoms with Crippen LogP contribution >= 0.6 is 0 Å². The summed E-state index contributed by atoms with van der Waals surface area (Å²) in [6, 6.07) is 14.5. The van der Waals surface area contributed by atoms with E-state index >= 15 is 0 Å². The van der Waals surface area contributed by atoms with E-state index in [4.69, 9.17) is 0 Å². The Morgan fingerprint density at radius 2 is 1.58 bits per heavy atom. The fourth-order valence-electron chi connectivity index (χ4n) is 3.74. The number of phenolic OH excluding ortho intramolecular Hbond substituents is 1. The second-order valence-electron chi connectivity index (χ2n) is 7.38. The zero-order valence-corrected chi connectivity index (χ0v) is 14.7. The third-order valence-electron chi connectivity index (χ3n) is 5.49. The third kappa shape index (κ3) is 3.50. The summed E-state index contributed by atoms with van der Waals surface area (Å²) in [5.74, 6) is 0.883. The Hall–Kier alpha value is -2.62. The summed E-state index contributed by atoms with van der Waals surface area (Å²) < 4.78 is 0. The molecule has 0 aromatic heterocycles. The van der Waals surface area contributed by atoms with Gasteiger partial charge in [0.25, 0.3) is 5.91 Å². The van der Waals surface area contributed by atoms with Crippen LogP contribution in [0.4, 0.5) is 0 Å². The average molecular weight is 349 g/mol. The summed E-state index contributed by atoms with van der Waals surface area (Å²) in [5, 5.41) is 9.54. The highest BCUT2D eigenvalue weighted by Crippen LogP contribution is 2.40. The number of carbonyl (C=O) groups excluding carboxylic acids is 2. The molecule has 1 saturated carbocycles. The fourth-order valence-corrected chi connectivity index (χ4v) is 3.74. The molecule has 4 nitrogen and oxygen atoms in total. The first-order valence-corrected chi connectivity index (χ1v) is 9.34. The van der Waals surface area contributed by atoms with Crippen molar-refractivity contribution in [2.45, 2.75) is 31.6 Å². The number of ketones is 1. The average Bonchev–Trinajstić information content (AvgIpc) is 3.52. The van der Waals surface area contributed by atoms with Crippen molar-refractivity contribution in [1.82, 2.24) is 4.90 Å². The maximum atomic E-state index is 12.8. The van der Waals surface area contributed by atoms with Gasteiger partial charge in [0.15, 0.2) is 5.78 Å². The van der Waals surface area contributed by atoms with E-state index in [0.29, 0.717) is 37.4 Å².